The number of aromatic nitrogens is 4. The summed E-state index contributed by atoms with van der Waals surface area (Å²) in [7, 11) is 0. The average molecular weight is 434 g/mol. The quantitative estimate of drug-likeness (QED) is 0.681. The number of hydrogen-bond acceptors (Lipinski definition) is 3. The standard InChI is InChI=1S/C16H19BrF3N5O/c1-10-12(17)8-22-25(10)9-15(26)21-5-2-6-24-13(11-3-4-11)7-14(23-24)16(18,19)20/h7-8,11H,2-6,9H2,1H3,(H,21,26). The van der Waals surface area contributed by atoms with Crippen molar-refractivity contribution in [1.82, 2.24) is 24.9 Å². The van der Waals surface area contributed by atoms with E-state index in [9.17, 15) is 18.0 Å². The maximum Gasteiger partial charge on any atom is 0.435 e. The van der Waals surface area contributed by atoms with Crippen molar-refractivity contribution < 1.29 is 18.0 Å². The van der Waals surface area contributed by atoms with Crippen molar-refractivity contribution >= 4 is 21.8 Å². The molecule has 1 aliphatic carbocycles. The Kier molecular flexibility index (Phi) is 5.40. The van der Waals surface area contributed by atoms with Crippen molar-refractivity contribution in [2.45, 2.75) is 51.4 Å². The molecule has 0 unspecified atom stereocenters. The summed E-state index contributed by atoms with van der Waals surface area (Å²) in [6.07, 6.45) is -0.500. The Hall–Kier alpha value is -1.84. The normalized spacial score (nSPS) is 14.7. The van der Waals surface area contributed by atoms with E-state index < -0.39 is 11.9 Å². The first kappa shape index (κ1) is 18.9. The van der Waals surface area contributed by atoms with Gasteiger partial charge in [-0.05, 0) is 48.2 Å². The van der Waals surface area contributed by atoms with Crippen molar-refractivity contribution in [3.05, 3.63) is 33.8 Å². The largest absolute Gasteiger partial charge is 0.435 e. The summed E-state index contributed by atoms with van der Waals surface area (Å²) in [5.41, 5.74) is 0.647. The summed E-state index contributed by atoms with van der Waals surface area (Å²) in [4.78, 5) is 11.9. The Morgan fingerprint density at radius 2 is 2.12 bits per heavy atom. The second kappa shape index (κ2) is 7.42. The molecule has 1 N–H and O–H groups in total. The second-order valence-corrected chi connectivity index (χ2v) is 7.24. The van der Waals surface area contributed by atoms with E-state index >= 15 is 0 Å². The summed E-state index contributed by atoms with van der Waals surface area (Å²) in [5, 5.41) is 10.5. The Labute approximate surface area is 156 Å². The van der Waals surface area contributed by atoms with Crippen molar-refractivity contribution in [2.24, 2.45) is 0 Å². The number of halogens is 4. The minimum atomic E-state index is -4.43. The van der Waals surface area contributed by atoms with E-state index in [1.54, 1.807) is 10.9 Å². The van der Waals surface area contributed by atoms with Crippen LogP contribution in [0.5, 0.6) is 0 Å². The highest BCUT2D eigenvalue weighted by Crippen LogP contribution is 2.42. The van der Waals surface area contributed by atoms with Crippen molar-refractivity contribution in [3.8, 4) is 0 Å². The molecular weight excluding hydrogens is 415 g/mol. The van der Waals surface area contributed by atoms with E-state index in [1.165, 1.54) is 4.68 Å². The summed E-state index contributed by atoms with van der Waals surface area (Å²) in [5.74, 6) is -0.0167. The van der Waals surface area contributed by atoms with Crippen LogP contribution in [-0.2, 0) is 24.1 Å². The molecule has 0 aromatic carbocycles. The van der Waals surface area contributed by atoms with Gasteiger partial charge in [-0.25, -0.2) is 0 Å². The molecular formula is C16H19BrF3N5O. The van der Waals surface area contributed by atoms with Crippen LogP contribution in [0, 0.1) is 6.92 Å². The van der Waals surface area contributed by atoms with E-state index in [1.807, 2.05) is 6.92 Å². The van der Waals surface area contributed by atoms with Gasteiger partial charge in [0.2, 0.25) is 5.91 Å². The Morgan fingerprint density at radius 1 is 1.38 bits per heavy atom. The van der Waals surface area contributed by atoms with Gasteiger partial charge in [0.25, 0.3) is 0 Å². The first-order valence-electron chi connectivity index (χ1n) is 8.35. The van der Waals surface area contributed by atoms with E-state index in [-0.39, 0.29) is 18.4 Å². The Balaban J connectivity index is 1.50. The molecule has 1 aliphatic rings. The highest BCUT2D eigenvalue weighted by atomic mass is 79.9. The molecule has 6 nitrogen and oxygen atoms in total. The zero-order chi connectivity index (χ0) is 18.9. The fourth-order valence-corrected chi connectivity index (χ4v) is 2.98. The predicted molar refractivity (Wildman–Crippen MR) is 91.5 cm³/mol. The lowest BCUT2D eigenvalue weighted by Crippen LogP contribution is -2.29. The smallest absolute Gasteiger partial charge is 0.354 e. The lowest BCUT2D eigenvalue weighted by molar-refractivity contribution is -0.141. The lowest BCUT2D eigenvalue weighted by Gasteiger charge is -2.09. The van der Waals surface area contributed by atoms with E-state index in [0.29, 0.717) is 25.2 Å². The van der Waals surface area contributed by atoms with Crippen molar-refractivity contribution in [1.29, 1.82) is 0 Å². The van der Waals surface area contributed by atoms with Gasteiger partial charge in [-0.1, -0.05) is 0 Å². The molecule has 26 heavy (non-hydrogen) atoms. The molecule has 3 rings (SSSR count). The maximum atomic E-state index is 12.9. The van der Waals surface area contributed by atoms with Crippen molar-refractivity contribution in [3.63, 3.8) is 0 Å². The number of nitrogens with zero attached hydrogens (tertiary/aromatic N) is 4. The van der Waals surface area contributed by atoms with Crippen molar-refractivity contribution in [2.75, 3.05) is 6.54 Å². The van der Waals surface area contributed by atoms with E-state index in [4.69, 9.17) is 0 Å². The summed E-state index contributed by atoms with van der Waals surface area (Å²) < 4.78 is 42.4. The van der Waals surface area contributed by atoms with Crippen LogP contribution in [0.2, 0.25) is 0 Å². The lowest BCUT2D eigenvalue weighted by atomic mass is 10.2. The van der Waals surface area contributed by atoms with Crippen LogP contribution < -0.4 is 5.32 Å². The fourth-order valence-electron chi connectivity index (χ4n) is 2.69. The van der Waals surface area contributed by atoms with Gasteiger partial charge in [0.1, 0.15) is 6.54 Å². The number of amides is 1. The predicted octanol–water partition coefficient (Wildman–Crippen LogP) is 3.25. The topological polar surface area (TPSA) is 64.7 Å². The molecule has 10 heteroatoms. The SMILES string of the molecule is Cc1c(Br)cnn1CC(=O)NCCCn1nc(C(F)(F)F)cc1C1CC1. The van der Waals surface area contributed by atoms with Crippen LogP contribution in [0.15, 0.2) is 16.7 Å². The van der Waals surface area contributed by atoms with Gasteiger partial charge in [0.05, 0.1) is 16.4 Å². The fraction of sp³-hybridized carbons (Fsp3) is 0.562. The van der Waals surface area contributed by atoms with Gasteiger partial charge in [0, 0.05) is 24.7 Å². The molecule has 1 amide bonds. The summed E-state index contributed by atoms with van der Waals surface area (Å²) in [6.45, 7) is 2.66. The van der Waals surface area contributed by atoms with Crippen LogP contribution in [0.25, 0.3) is 0 Å². The number of carbonyl (C=O) groups excluding carboxylic acids is 1. The number of alkyl halides is 3. The van der Waals surface area contributed by atoms with Gasteiger partial charge in [-0.3, -0.25) is 14.2 Å². The van der Waals surface area contributed by atoms with Crippen LogP contribution in [0.3, 0.4) is 0 Å². The molecule has 1 fully saturated rings. The molecule has 0 radical (unpaired) electrons. The third-order valence-corrected chi connectivity index (χ3v) is 5.08. The number of rotatable bonds is 7. The first-order valence-corrected chi connectivity index (χ1v) is 9.14. The van der Waals surface area contributed by atoms with E-state index in [2.05, 4.69) is 31.4 Å². The maximum absolute atomic E-state index is 12.9. The van der Waals surface area contributed by atoms with Gasteiger partial charge in [-0.2, -0.15) is 23.4 Å². The Morgan fingerprint density at radius 3 is 2.69 bits per heavy atom. The van der Waals surface area contributed by atoms with Gasteiger partial charge >= 0.3 is 6.18 Å². The highest BCUT2D eigenvalue weighted by molar-refractivity contribution is 9.10. The van der Waals surface area contributed by atoms with Crippen LogP contribution in [0.1, 0.15) is 42.3 Å². The number of carbonyl (C=O) groups is 1. The summed E-state index contributed by atoms with van der Waals surface area (Å²) >= 11 is 3.33. The first-order chi connectivity index (χ1) is 12.3. The molecule has 0 atom stereocenters. The molecule has 0 aliphatic heterocycles. The average Bonchev–Trinajstić information content (AvgIpc) is 3.25. The number of hydrogen-bond donors (Lipinski definition) is 1. The molecule has 2 aromatic heterocycles. The van der Waals surface area contributed by atoms with Crippen LogP contribution >= 0.6 is 15.9 Å². The second-order valence-electron chi connectivity index (χ2n) is 6.39. The number of aryl methyl sites for hydroxylation is 1. The molecule has 142 valence electrons. The molecule has 2 heterocycles. The van der Waals surface area contributed by atoms with Crippen LogP contribution in [0.4, 0.5) is 13.2 Å². The zero-order valence-electron chi connectivity index (χ0n) is 14.2. The third-order valence-electron chi connectivity index (χ3n) is 4.30. The molecule has 0 bridgehead atoms. The van der Waals surface area contributed by atoms with Gasteiger partial charge < -0.3 is 5.32 Å². The minimum absolute atomic E-state index is 0.102. The third kappa shape index (κ3) is 4.46. The highest BCUT2D eigenvalue weighted by Gasteiger charge is 2.37. The molecule has 0 spiro atoms. The van der Waals surface area contributed by atoms with E-state index in [0.717, 1.165) is 29.1 Å². The summed E-state index contributed by atoms with van der Waals surface area (Å²) in [6, 6.07) is 1.15. The zero-order valence-corrected chi connectivity index (χ0v) is 15.8. The van der Waals surface area contributed by atoms with Gasteiger partial charge in [0.15, 0.2) is 5.69 Å². The Bertz CT molecular complexity index is 794. The van der Waals surface area contributed by atoms with Gasteiger partial charge in [-0.15, -0.1) is 0 Å². The van der Waals surface area contributed by atoms with Crippen LogP contribution in [-0.4, -0.2) is 32.0 Å². The molecule has 1 saturated carbocycles. The number of nitrogens with one attached hydrogen (secondary N) is 1. The monoisotopic (exact) mass is 433 g/mol. The molecule has 2 aromatic rings. The molecule has 0 saturated heterocycles. The minimum Gasteiger partial charge on any atom is -0.354 e.